The molecule has 1 aliphatic rings. The molecular weight excluding hydrogens is 239 g/mol. The number of hydrogen-bond acceptors (Lipinski definition) is 2. The van der Waals surface area contributed by atoms with Crippen LogP contribution in [0.25, 0.3) is 0 Å². The van der Waals surface area contributed by atoms with Crippen LogP contribution in [0, 0.1) is 5.82 Å². The van der Waals surface area contributed by atoms with Gasteiger partial charge in [-0.3, -0.25) is 0 Å². The van der Waals surface area contributed by atoms with Crippen molar-refractivity contribution in [3.8, 4) is 0 Å². The zero-order valence-electron chi connectivity index (χ0n) is 12.4. The van der Waals surface area contributed by atoms with E-state index in [-0.39, 0.29) is 11.4 Å². The predicted octanol–water partition coefficient (Wildman–Crippen LogP) is 3.00. The number of nitrogens with one attached hydrogen (secondary N) is 1. The van der Waals surface area contributed by atoms with Gasteiger partial charge in [-0.2, -0.15) is 0 Å². The van der Waals surface area contributed by atoms with E-state index < -0.39 is 0 Å². The third-order valence-electron chi connectivity index (χ3n) is 4.49. The van der Waals surface area contributed by atoms with Crippen molar-refractivity contribution in [3.05, 3.63) is 35.6 Å². The Balaban J connectivity index is 1.78. The lowest BCUT2D eigenvalue weighted by molar-refractivity contribution is 0.168. The van der Waals surface area contributed by atoms with Gasteiger partial charge in [0, 0.05) is 18.1 Å². The standard InChI is InChI=1S/C16H25FN2/c1-16(2,19(3)4)11-18-15-9-13(10-15)12-6-5-7-14(17)8-12/h5-8,13,15,18H,9-11H2,1-4H3. The van der Waals surface area contributed by atoms with E-state index in [1.807, 2.05) is 6.07 Å². The Morgan fingerprint density at radius 1 is 1.32 bits per heavy atom. The third kappa shape index (κ3) is 3.54. The summed E-state index contributed by atoms with van der Waals surface area (Å²) >= 11 is 0. The van der Waals surface area contributed by atoms with Crippen molar-refractivity contribution in [2.45, 2.75) is 44.2 Å². The van der Waals surface area contributed by atoms with Gasteiger partial charge in [0.25, 0.3) is 0 Å². The molecule has 3 heteroatoms. The number of nitrogens with zero attached hydrogens (tertiary/aromatic N) is 1. The molecule has 1 aliphatic carbocycles. The third-order valence-corrected chi connectivity index (χ3v) is 4.49. The Morgan fingerprint density at radius 3 is 2.58 bits per heavy atom. The second-order valence-corrected chi connectivity index (χ2v) is 6.51. The molecule has 0 bridgehead atoms. The monoisotopic (exact) mass is 264 g/mol. The van der Waals surface area contributed by atoms with Crippen LogP contribution >= 0.6 is 0 Å². The summed E-state index contributed by atoms with van der Waals surface area (Å²) in [5, 5.41) is 3.62. The van der Waals surface area contributed by atoms with Crippen LogP contribution in [-0.2, 0) is 0 Å². The number of benzene rings is 1. The zero-order chi connectivity index (χ0) is 14.0. The molecule has 0 unspecified atom stereocenters. The molecule has 0 radical (unpaired) electrons. The summed E-state index contributed by atoms with van der Waals surface area (Å²) < 4.78 is 13.2. The number of rotatable bonds is 5. The van der Waals surface area contributed by atoms with Gasteiger partial charge in [-0.1, -0.05) is 12.1 Å². The average Bonchev–Trinajstić information content (AvgIpc) is 2.26. The fourth-order valence-electron chi connectivity index (χ4n) is 2.37. The maximum absolute atomic E-state index is 13.2. The molecule has 2 rings (SSSR count). The van der Waals surface area contributed by atoms with Crippen molar-refractivity contribution >= 4 is 0 Å². The van der Waals surface area contributed by atoms with E-state index in [9.17, 15) is 4.39 Å². The molecule has 0 saturated heterocycles. The van der Waals surface area contributed by atoms with Crippen LogP contribution in [0.4, 0.5) is 4.39 Å². The normalized spacial score (nSPS) is 23.5. The van der Waals surface area contributed by atoms with Gasteiger partial charge in [0.05, 0.1) is 0 Å². The van der Waals surface area contributed by atoms with Gasteiger partial charge in [-0.05, 0) is 64.4 Å². The van der Waals surface area contributed by atoms with Crippen molar-refractivity contribution in [1.82, 2.24) is 10.2 Å². The summed E-state index contributed by atoms with van der Waals surface area (Å²) in [5.41, 5.74) is 1.31. The van der Waals surface area contributed by atoms with Crippen LogP contribution in [0.3, 0.4) is 0 Å². The highest BCUT2D eigenvalue weighted by Gasteiger charge is 2.31. The van der Waals surface area contributed by atoms with E-state index in [0.29, 0.717) is 12.0 Å². The lowest BCUT2D eigenvalue weighted by Crippen LogP contribution is -2.51. The van der Waals surface area contributed by atoms with Crippen LogP contribution in [-0.4, -0.2) is 37.1 Å². The first-order valence-corrected chi connectivity index (χ1v) is 7.05. The molecule has 0 atom stereocenters. The van der Waals surface area contributed by atoms with Crippen molar-refractivity contribution in [2.75, 3.05) is 20.6 Å². The quantitative estimate of drug-likeness (QED) is 0.879. The van der Waals surface area contributed by atoms with E-state index in [1.54, 1.807) is 12.1 Å². The van der Waals surface area contributed by atoms with Gasteiger partial charge >= 0.3 is 0 Å². The fraction of sp³-hybridized carbons (Fsp3) is 0.625. The highest BCUT2D eigenvalue weighted by molar-refractivity contribution is 5.23. The molecule has 1 aromatic rings. The maximum Gasteiger partial charge on any atom is 0.123 e. The summed E-state index contributed by atoms with van der Waals surface area (Å²) in [6, 6.07) is 7.60. The SMILES string of the molecule is CN(C)C(C)(C)CNC1CC(c2cccc(F)c2)C1. The smallest absolute Gasteiger partial charge is 0.123 e. The highest BCUT2D eigenvalue weighted by Crippen LogP contribution is 2.37. The van der Waals surface area contributed by atoms with Crippen molar-refractivity contribution in [2.24, 2.45) is 0 Å². The second kappa shape index (κ2) is 5.59. The zero-order valence-corrected chi connectivity index (χ0v) is 12.4. The molecule has 0 spiro atoms. The van der Waals surface area contributed by atoms with Crippen LogP contribution in [0.1, 0.15) is 38.2 Å². The summed E-state index contributed by atoms with van der Waals surface area (Å²) in [5.74, 6) is 0.401. The Hall–Kier alpha value is -0.930. The first kappa shape index (κ1) is 14.5. The van der Waals surface area contributed by atoms with Gasteiger partial charge in [0.1, 0.15) is 5.82 Å². The summed E-state index contributed by atoms with van der Waals surface area (Å²) in [6.07, 6.45) is 2.24. The van der Waals surface area contributed by atoms with Crippen LogP contribution in [0.15, 0.2) is 24.3 Å². The molecule has 0 amide bonds. The molecule has 1 aromatic carbocycles. The van der Waals surface area contributed by atoms with Crippen LogP contribution in [0.5, 0.6) is 0 Å². The molecular formula is C16H25FN2. The molecule has 0 aliphatic heterocycles. The average molecular weight is 264 g/mol. The van der Waals surface area contributed by atoms with E-state index in [0.717, 1.165) is 24.9 Å². The number of hydrogen-bond donors (Lipinski definition) is 1. The molecule has 1 fully saturated rings. The van der Waals surface area contributed by atoms with E-state index in [1.165, 1.54) is 6.07 Å². The first-order valence-electron chi connectivity index (χ1n) is 7.05. The number of halogens is 1. The Labute approximate surface area is 116 Å². The Morgan fingerprint density at radius 2 is 2.00 bits per heavy atom. The van der Waals surface area contributed by atoms with Gasteiger partial charge < -0.3 is 10.2 Å². The lowest BCUT2D eigenvalue weighted by atomic mass is 9.75. The number of likely N-dealkylation sites (N-methyl/N-ethyl adjacent to an activating group) is 1. The summed E-state index contributed by atoms with van der Waals surface area (Å²) in [6.45, 7) is 5.46. The molecule has 2 nitrogen and oxygen atoms in total. The van der Waals surface area contributed by atoms with Gasteiger partial charge in [-0.15, -0.1) is 0 Å². The Bertz CT molecular complexity index is 423. The molecule has 19 heavy (non-hydrogen) atoms. The van der Waals surface area contributed by atoms with Gasteiger partial charge in [0.2, 0.25) is 0 Å². The summed E-state index contributed by atoms with van der Waals surface area (Å²) in [4.78, 5) is 2.24. The van der Waals surface area contributed by atoms with E-state index in [2.05, 4.69) is 38.2 Å². The molecule has 0 heterocycles. The molecule has 1 saturated carbocycles. The van der Waals surface area contributed by atoms with Gasteiger partial charge in [-0.25, -0.2) is 4.39 Å². The first-order chi connectivity index (χ1) is 8.88. The minimum atomic E-state index is -0.123. The topological polar surface area (TPSA) is 15.3 Å². The predicted molar refractivity (Wildman–Crippen MR) is 77.9 cm³/mol. The highest BCUT2D eigenvalue weighted by atomic mass is 19.1. The van der Waals surface area contributed by atoms with E-state index >= 15 is 0 Å². The van der Waals surface area contributed by atoms with Crippen molar-refractivity contribution in [1.29, 1.82) is 0 Å². The molecule has 1 N–H and O–H groups in total. The van der Waals surface area contributed by atoms with Crippen LogP contribution < -0.4 is 5.32 Å². The molecule has 106 valence electrons. The fourth-order valence-corrected chi connectivity index (χ4v) is 2.37. The van der Waals surface area contributed by atoms with E-state index in [4.69, 9.17) is 0 Å². The largest absolute Gasteiger partial charge is 0.312 e. The van der Waals surface area contributed by atoms with Crippen molar-refractivity contribution < 1.29 is 4.39 Å². The minimum Gasteiger partial charge on any atom is -0.312 e. The van der Waals surface area contributed by atoms with Crippen molar-refractivity contribution in [3.63, 3.8) is 0 Å². The minimum absolute atomic E-state index is 0.123. The van der Waals surface area contributed by atoms with Gasteiger partial charge in [0.15, 0.2) is 0 Å². The Kier molecular flexibility index (Phi) is 4.26. The molecule has 0 aromatic heterocycles. The summed E-state index contributed by atoms with van der Waals surface area (Å²) in [7, 11) is 4.22. The van der Waals surface area contributed by atoms with Crippen LogP contribution in [0.2, 0.25) is 0 Å². The second-order valence-electron chi connectivity index (χ2n) is 6.51. The maximum atomic E-state index is 13.2. The lowest BCUT2D eigenvalue weighted by Gasteiger charge is -2.40.